The van der Waals surface area contributed by atoms with Crippen molar-refractivity contribution in [1.82, 2.24) is 15.0 Å². The third-order valence-corrected chi connectivity index (χ3v) is 3.66. The van der Waals surface area contributed by atoms with Crippen LogP contribution in [0.5, 0.6) is 5.88 Å². The first-order chi connectivity index (χ1) is 12.2. The zero-order valence-corrected chi connectivity index (χ0v) is 15.6. The van der Waals surface area contributed by atoms with Crippen LogP contribution in [0.25, 0.3) is 11.3 Å². The van der Waals surface area contributed by atoms with E-state index in [-0.39, 0.29) is 18.4 Å². The van der Waals surface area contributed by atoms with Gasteiger partial charge in [-0.3, -0.25) is 5.32 Å². The monoisotopic (exact) mass is 379 g/mol. The zero-order chi connectivity index (χ0) is 19.3. The van der Waals surface area contributed by atoms with E-state index < -0.39 is 11.6 Å². The number of hydrogen-bond donors (Lipinski definition) is 3. The minimum Gasteiger partial charge on any atom is -0.475 e. The van der Waals surface area contributed by atoms with Gasteiger partial charge in [0, 0.05) is 23.5 Å². The van der Waals surface area contributed by atoms with Crippen molar-refractivity contribution in [3.05, 3.63) is 29.5 Å². The molecule has 2 aromatic rings. The van der Waals surface area contributed by atoms with E-state index in [1.165, 1.54) is 6.20 Å². The highest BCUT2D eigenvalue weighted by atomic mass is 35.5. The Morgan fingerprint density at radius 1 is 1.46 bits per heavy atom. The zero-order valence-electron chi connectivity index (χ0n) is 14.9. The number of ether oxygens (including phenoxy) is 1. The number of nitrogens with zero attached hydrogens (tertiary/aromatic N) is 3. The van der Waals surface area contributed by atoms with Gasteiger partial charge in [0.25, 0.3) is 0 Å². The maximum Gasteiger partial charge on any atom is 0.411 e. The van der Waals surface area contributed by atoms with Crippen molar-refractivity contribution >= 4 is 23.6 Å². The van der Waals surface area contributed by atoms with E-state index in [0.29, 0.717) is 22.2 Å². The quantitative estimate of drug-likeness (QED) is 0.673. The Hall–Kier alpha value is -2.45. The Bertz CT molecular complexity index is 783. The van der Waals surface area contributed by atoms with Gasteiger partial charge in [-0.15, -0.1) is 0 Å². The number of anilines is 1. The minimum absolute atomic E-state index is 0.0287. The Balaban J connectivity index is 2.13. The van der Waals surface area contributed by atoms with Crippen molar-refractivity contribution in [2.45, 2.75) is 32.7 Å². The number of pyridine rings is 1. The van der Waals surface area contributed by atoms with Crippen LogP contribution in [0.15, 0.2) is 24.5 Å². The van der Waals surface area contributed by atoms with Gasteiger partial charge in [0.05, 0.1) is 5.69 Å². The van der Waals surface area contributed by atoms with Crippen molar-refractivity contribution in [3.8, 4) is 17.1 Å². The molecule has 26 heavy (non-hydrogen) atoms. The summed E-state index contributed by atoms with van der Waals surface area (Å²) in [5.74, 6) is 0.707. The van der Waals surface area contributed by atoms with E-state index in [4.69, 9.17) is 27.2 Å². The molecule has 0 aliphatic carbocycles. The van der Waals surface area contributed by atoms with Gasteiger partial charge >= 0.3 is 6.09 Å². The molecule has 1 amide bonds. The fourth-order valence-electron chi connectivity index (χ4n) is 2.57. The van der Waals surface area contributed by atoms with Gasteiger partial charge in [-0.2, -0.15) is 0 Å². The van der Waals surface area contributed by atoms with Gasteiger partial charge in [-0.05, 0) is 31.4 Å². The van der Waals surface area contributed by atoms with Crippen LogP contribution in [-0.4, -0.2) is 38.3 Å². The molecule has 0 bridgehead atoms. The van der Waals surface area contributed by atoms with E-state index in [9.17, 15) is 4.79 Å². The summed E-state index contributed by atoms with van der Waals surface area (Å²) in [6, 6.07) is 3.27. The number of carboxylic acid groups (broad SMARTS) is 1. The molecule has 0 radical (unpaired) electrons. The van der Waals surface area contributed by atoms with Crippen molar-refractivity contribution in [3.63, 3.8) is 0 Å². The smallest absolute Gasteiger partial charge is 0.411 e. The van der Waals surface area contributed by atoms with Gasteiger partial charge in [0.15, 0.2) is 0 Å². The van der Waals surface area contributed by atoms with E-state index in [1.807, 2.05) is 6.92 Å². The van der Waals surface area contributed by atoms with Gasteiger partial charge in [-0.25, -0.2) is 19.7 Å². The van der Waals surface area contributed by atoms with E-state index >= 15 is 0 Å². The molecule has 4 N–H and O–H groups in total. The molecule has 0 saturated carbocycles. The number of carbonyl (C=O) groups is 1. The predicted octanol–water partition coefficient (Wildman–Crippen LogP) is 3.42. The summed E-state index contributed by atoms with van der Waals surface area (Å²) >= 11 is 6.26. The first kappa shape index (κ1) is 19.9. The molecule has 0 aliphatic heterocycles. The summed E-state index contributed by atoms with van der Waals surface area (Å²) in [4.78, 5) is 22.8. The highest BCUT2D eigenvalue weighted by molar-refractivity contribution is 6.32. The van der Waals surface area contributed by atoms with Gasteiger partial charge in [0.1, 0.15) is 11.6 Å². The second-order valence-electron chi connectivity index (χ2n) is 6.75. The van der Waals surface area contributed by atoms with Crippen LogP contribution in [0.3, 0.4) is 0 Å². The molecule has 0 fully saturated rings. The molecular formula is C17H22ClN5O3. The topological polar surface area (TPSA) is 123 Å². The Kier molecular flexibility index (Phi) is 6.33. The average Bonchev–Trinajstić information content (AvgIpc) is 2.52. The molecule has 0 spiro atoms. The van der Waals surface area contributed by atoms with Crippen molar-refractivity contribution < 1.29 is 14.6 Å². The second kappa shape index (κ2) is 8.29. The van der Waals surface area contributed by atoms with Crippen molar-refractivity contribution in [1.29, 1.82) is 0 Å². The van der Waals surface area contributed by atoms with E-state index in [2.05, 4.69) is 34.1 Å². The lowest BCUT2D eigenvalue weighted by Gasteiger charge is -2.26. The van der Waals surface area contributed by atoms with Crippen LogP contribution >= 0.6 is 11.6 Å². The van der Waals surface area contributed by atoms with Crippen LogP contribution in [-0.2, 0) is 0 Å². The summed E-state index contributed by atoms with van der Waals surface area (Å²) in [5.41, 5.74) is 6.83. The SMILES string of the molecule is CC(C)CC(C)(N)COc1ncc(-c2ccnc(NC(=O)O)n2)cc1Cl. The maximum absolute atomic E-state index is 10.7. The van der Waals surface area contributed by atoms with Crippen LogP contribution in [0.4, 0.5) is 10.7 Å². The molecule has 2 aromatic heterocycles. The summed E-state index contributed by atoms with van der Waals surface area (Å²) in [7, 11) is 0. The third-order valence-electron chi connectivity index (χ3n) is 3.39. The highest BCUT2D eigenvalue weighted by Gasteiger charge is 2.22. The Labute approximate surface area is 156 Å². The third kappa shape index (κ3) is 5.82. The highest BCUT2D eigenvalue weighted by Crippen LogP contribution is 2.28. The fraction of sp³-hybridized carbons (Fsp3) is 0.412. The number of hydrogen-bond acceptors (Lipinski definition) is 6. The molecule has 140 valence electrons. The van der Waals surface area contributed by atoms with Crippen LogP contribution < -0.4 is 15.8 Å². The lowest BCUT2D eigenvalue weighted by molar-refractivity contribution is 0.201. The number of halogens is 1. The maximum atomic E-state index is 10.7. The molecule has 9 heteroatoms. The van der Waals surface area contributed by atoms with Crippen molar-refractivity contribution in [2.24, 2.45) is 11.7 Å². The van der Waals surface area contributed by atoms with E-state index in [0.717, 1.165) is 6.42 Å². The average molecular weight is 380 g/mol. The number of nitrogens with two attached hydrogens (primary N) is 1. The standard InChI is InChI=1S/C17H22ClN5O3/c1-10(2)7-17(3,19)9-26-14-12(18)6-11(8-21-14)13-4-5-20-15(22-13)23-16(24)25/h4-6,8,10H,7,9,19H2,1-3H3,(H,24,25)(H,20,22,23). The van der Waals surface area contributed by atoms with Crippen LogP contribution in [0.2, 0.25) is 5.02 Å². The molecule has 2 rings (SSSR count). The Morgan fingerprint density at radius 3 is 2.81 bits per heavy atom. The van der Waals surface area contributed by atoms with Gasteiger partial charge in [0.2, 0.25) is 11.8 Å². The summed E-state index contributed by atoms with van der Waals surface area (Å²) in [5, 5.41) is 11.1. The molecule has 2 heterocycles. The number of amides is 1. The number of aromatic nitrogens is 3. The van der Waals surface area contributed by atoms with Gasteiger partial charge in [-0.1, -0.05) is 25.4 Å². The largest absolute Gasteiger partial charge is 0.475 e. The molecule has 8 nitrogen and oxygen atoms in total. The number of nitrogens with one attached hydrogen (secondary N) is 1. The lowest BCUT2D eigenvalue weighted by atomic mass is 9.93. The second-order valence-corrected chi connectivity index (χ2v) is 7.15. The van der Waals surface area contributed by atoms with E-state index in [1.54, 1.807) is 18.3 Å². The molecule has 1 atom stereocenters. The molecule has 0 aliphatic rings. The fourth-order valence-corrected chi connectivity index (χ4v) is 2.79. The minimum atomic E-state index is -1.24. The lowest BCUT2D eigenvalue weighted by Crippen LogP contribution is -2.43. The van der Waals surface area contributed by atoms with Crippen LogP contribution in [0, 0.1) is 5.92 Å². The molecule has 0 saturated heterocycles. The summed E-state index contributed by atoms with van der Waals surface area (Å²) in [6.45, 7) is 6.41. The predicted molar refractivity (Wildman–Crippen MR) is 99.5 cm³/mol. The first-order valence-electron chi connectivity index (χ1n) is 8.07. The summed E-state index contributed by atoms with van der Waals surface area (Å²) in [6.07, 6.45) is 2.55. The Morgan fingerprint density at radius 2 is 2.19 bits per heavy atom. The van der Waals surface area contributed by atoms with Crippen LogP contribution in [0.1, 0.15) is 27.2 Å². The number of rotatable bonds is 7. The normalized spacial score (nSPS) is 13.3. The first-order valence-corrected chi connectivity index (χ1v) is 8.45. The molecule has 0 aromatic carbocycles. The van der Waals surface area contributed by atoms with Gasteiger partial charge < -0.3 is 15.6 Å². The molecular weight excluding hydrogens is 358 g/mol. The molecule has 1 unspecified atom stereocenters. The van der Waals surface area contributed by atoms with Crippen molar-refractivity contribution in [2.75, 3.05) is 11.9 Å². The summed E-state index contributed by atoms with van der Waals surface area (Å²) < 4.78 is 5.68.